The van der Waals surface area contributed by atoms with Crippen molar-refractivity contribution in [1.29, 1.82) is 0 Å². The Morgan fingerprint density at radius 3 is 0.266 bits per heavy atom. The van der Waals surface area contributed by atoms with Gasteiger partial charge in [0.15, 0.2) is 0 Å². The molecule has 0 aliphatic carbocycles. The molecule has 0 unspecified atom stereocenters. The van der Waals surface area contributed by atoms with E-state index in [4.69, 9.17) is 19.1 Å². The first-order chi connectivity index (χ1) is 39.2. The molecule has 0 spiro atoms. The topological polar surface area (TPSA) is 0 Å². The Morgan fingerprint density at radius 2 is 0.203 bits per heavy atom. The van der Waals surface area contributed by atoms with E-state index < -0.39 is 31.7 Å². The summed E-state index contributed by atoms with van der Waals surface area (Å²) in [5.41, 5.74) is 0. The predicted molar refractivity (Wildman–Crippen MR) is 358 cm³/mol. The van der Waals surface area contributed by atoms with Crippen LogP contribution in [0.3, 0.4) is 0 Å². The van der Waals surface area contributed by atoms with E-state index in [1.165, 1.54) is 63.7 Å². The fraction of sp³-hybridized carbons (Fsp3) is 0. The monoisotopic (exact) mass is 1230 g/mol. The van der Waals surface area contributed by atoms with Gasteiger partial charge in [-0.3, -0.25) is 0 Å². The van der Waals surface area contributed by atoms with E-state index in [0.29, 0.717) is 0 Å². The van der Waals surface area contributed by atoms with Crippen LogP contribution in [-0.4, -0.2) is 0 Å². The molecule has 0 N–H and O–H groups in total. The quantitative estimate of drug-likeness (QED) is 0.0845. The molecule has 0 amide bonds. The first-order valence-corrected chi connectivity index (χ1v) is 36.2. The van der Waals surface area contributed by atoms with Crippen molar-refractivity contribution in [3.8, 4) is 0 Å². The SMILES string of the molecule is [Cl][Pd][Cl].c1ccc([PH+](c2ccccc2)c2ccccc2)cc1.c1ccc([PH+](c2ccccc2)c2ccccc2)cc1.c1ccc([PH+](c2ccccc2)c2ccccc2)cc1.c1ccc([PH+](c2ccccc2)c2ccccc2)cc1. The first kappa shape index (κ1) is 58.7. The Hall–Kier alpha value is -6.40. The van der Waals surface area contributed by atoms with E-state index in [9.17, 15) is 0 Å². The Kier molecular flexibility index (Phi) is 25.2. The van der Waals surface area contributed by atoms with Gasteiger partial charge in [-0.15, -0.1) is 0 Å². The van der Waals surface area contributed by atoms with Crippen molar-refractivity contribution in [1.82, 2.24) is 0 Å². The van der Waals surface area contributed by atoms with Crippen molar-refractivity contribution in [3.05, 3.63) is 364 Å². The molecule has 0 aliphatic heterocycles. The zero-order valence-corrected chi connectivity index (χ0v) is 50.8. The van der Waals surface area contributed by atoms with Gasteiger partial charge in [0.2, 0.25) is 0 Å². The van der Waals surface area contributed by atoms with E-state index >= 15 is 0 Å². The number of hydrogen-bond donors (Lipinski definition) is 0. The smallest absolute Gasteiger partial charge is 0.0620 e. The summed E-state index contributed by atoms with van der Waals surface area (Å²) in [6.45, 7) is 0. The van der Waals surface area contributed by atoms with E-state index in [2.05, 4.69) is 364 Å². The maximum absolute atomic E-state index is 4.81. The van der Waals surface area contributed by atoms with Gasteiger partial charge in [0.05, 0.1) is 31.7 Å². The van der Waals surface area contributed by atoms with E-state index in [1.54, 1.807) is 0 Å². The Balaban J connectivity index is 0.000000136. The maximum Gasteiger partial charge on any atom is 0.102 e. The second-order valence-electron chi connectivity index (χ2n) is 17.9. The largest absolute Gasteiger partial charge is 0.102 e. The van der Waals surface area contributed by atoms with Gasteiger partial charge in [-0.05, 0) is 146 Å². The summed E-state index contributed by atoms with van der Waals surface area (Å²) in [7, 11) is 6.12. The molecule has 12 rings (SSSR count). The van der Waals surface area contributed by atoms with Gasteiger partial charge in [-0.25, -0.2) is 0 Å². The minimum Gasteiger partial charge on any atom is -0.0620 e. The number of rotatable bonds is 12. The fourth-order valence-electron chi connectivity index (χ4n) is 9.26. The summed E-state index contributed by atoms with van der Waals surface area (Å²) in [5, 5.41) is 17.2. The van der Waals surface area contributed by atoms with Crippen molar-refractivity contribution in [3.63, 3.8) is 0 Å². The van der Waals surface area contributed by atoms with Crippen molar-refractivity contribution in [2.75, 3.05) is 0 Å². The van der Waals surface area contributed by atoms with Gasteiger partial charge in [0, 0.05) is 0 Å². The zero-order valence-electron chi connectivity index (χ0n) is 43.7. The molecule has 12 aromatic rings. The molecule has 0 atom stereocenters. The van der Waals surface area contributed by atoms with Crippen molar-refractivity contribution >= 4 is 114 Å². The third-order valence-electron chi connectivity index (χ3n) is 12.7. The first-order valence-electron chi connectivity index (χ1n) is 26.2. The van der Waals surface area contributed by atoms with Gasteiger partial charge in [0.1, 0.15) is 63.7 Å². The van der Waals surface area contributed by atoms with Crippen LogP contribution in [0.4, 0.5) is 0 Å². The Labute approximate surface area is 490 Å². The van der Waals surface area contributed by atoms with Crippen LogP contribution in [0.1, 0.15) is 0 Å². The summed E-state index contributed by atoms with van der Waals surface area (Å²) >= 11 is -0.106. The Morgan fingerprint density at radius 1 is 0.139 bits per heavy atom. The molecule has 0 nitrogen and oxygen atoms in total. The third kappa shape index (κ3) is 18.3. The van der Waals surface area contributed by atoms with E-state index in [0.717, 1.165) is 0 Å². The summed E-state index contributed by atoms with van der Waals surface area (Å²) in [6, 6.07) is 130. The molecule has 0 aromatic heterocycles. The second-order valence-corrected chi connectivity index (χ2v) is 30.2. The molecule has 0 saturated carbocycles. The normalized spacial score (nSPS) is 10.5. The van der Waals surface area contributed by atoms with Crippen LogP contribution >= 0.6 is 50.7 Å². The molecular formula is C72H64Cl2P4Pd+4. The molecular weight excluding hydrogens is 1170 g/mol. The summed E-state index contributed by atoms with van der Waals surface area (Å²) < 4.78 is 0. The van der Waals surface area contributed by atoms with Gasteiger partial charge in [-0.2, -0.15) is 0 Å². The minimum atomic E-state index is -0.877. The van der Waals surface area contributed by atoms with Crippen LogP contribution in [0.25, 0.3) is 0 Å². The molecule has 0 saturated heterocycles. The summed E-state index contributed by atoms with van der Waals surface area (Å²) in [4.78, 5) is 0. The van der Waals surface area contributed by atoms with Crippen molar-refractivity contribution < 1.29 is 15.9 Å². The average Bonchev–Trinajstić information content (AvgIpc) is 3.55. The fourth-order valence-corrected chi connectivity index (χ4v) is 19.6. The molecule has 0 bridgehead atoms. The second kappa shape index (κ2) is 33.9. The maximum atomic E-state index is 4.81. The third-order valence-corrected chi connectivity index (χ3v) is 23.7. The van der Waals surface area contributed by atoms with Crippen molar-refractivity contribution in [2.24, 2.45) is 0 Å². The van der Waals surface area contributed by atoms with Crippen LogP contribution in [-0.2, 0) is 15.9 Å². The molecule has 12 aromatic carbocycles. The molecule has 0 heterocycles. The molecule has 0 fully saturated rings. The Bertz CT molecular complexity index is 2610. The molecule has 0 aliphatic rings. The number of hydrogen-bond acceptors (Lipinski definition) is 0. The molecule has 0 radical (unpaired) electrons. The molecule has 7 heteroatoms. The van der Waals surface area contributed by atoms with Crippen LogP contribution in [0.5, 0.6) is 0 Å². The van der Waals surface area contributed by atoms with E-state index in [-0.39, 0.29) is 15.9 Å². The van der Waals surface area contributed by atoms with Gasteiger partial charge in [-0.1, -0.05) is 218 Å². The average molecular weight is 1230 g/mol. The molecule has 79 heavy (non-hydrogen) atoms. The van der Waals surface area contributed by atoms with Gasteiger partial charge in [0.25, 0.3) is 0 Å². The van der Waals surface area contributed by atoms with Gasteiger partial charge >= 0.3 is 35.0 Å². The summed E-state index contributed by atoms with van der Waals surface area (Å²) in [6.07, 6.45) is 0. The van der Waals surface area contributed by atoms with Crippen LogP contribution in [0.2, 0.25) is 0 Å². The van der Waals surface area contributed by atoms with E-state index in [1.807, 2.05) is 0 Å². The van der Waals surface area contributed by atoms with Crippen LogP contribution in [0.15, 0.2) is 364 Å². The van der Waals surface area contributed by atoms with Crippen LogP contribution < -0.4 is 63.7 Å². The van der Waals surface area contributed by atoms with Crippen molar-refractivity contribution in [2.45, 2.75) is 0 Å². The summed E-state index contributed by atoms with van der Waals surface area (Å²) in [5.74, 6) is 0. The predicted octanol–water partition coefficient (Wildman–Crippen LogP) is 14.1. The standard InChI is InChI=1S/4C18H15P.2ClH.Pd/c4*1-4-10-16(11-5-1)19(17-12-6-2-7-13-17)18-14-8-3-9-15-18;;;/h4*1-15H;2*1H;/q;;;;;;+2/p+2. The van der Waals surface area contributed by atoms with Crippen LogP contribution in [0, 0.1) is 0 Å². The minimum absolute atomic E-state index is 0.106. The number of benzene rings is 12. The number of halogens is 2. The zero-order chi connectivity index (χ0) is 54.4. The van der Waals surface area contributed by atoms with Gasteiger partial charge < -0.3 is 0 Å². The molecule has 392 valence electrons.